The zero-order valence-electron chi connectivity index (χ0n) is 12.4. The molecule has 0 spiro atoms. The molecular formula is C17H16N2O3. The van der Waals surface area contributed by atoms with Crippen LogP contribution in [-0.2, 0) is 9.53 Å². The van der Waals surface area contributed by atoms with Crippen LogP contribution in [-0.4, -0.2) is 23.5 Å². The average Bonchev–Trinajstić information content (AvgIpc) is 3.01. The second-order valence-corrected chi connectivity index (χ2v) is 5.06. The normalized spacial score (nSPS) is 14.8. The van der Waals surface area contributed by atoms with Crippen LogP contribution in [0, 0.1) is 6.92 Å². The van der Waals surface area contributed by atoms with E-state index in [-0.39, 0.29) is 5.91 Å². The summed E-state index contributed by atoms with van der Waals surface area (Å²) in [5.41, 5.74) is 4.24. The van der Waals surface area contributed by atoms with Gasteiger partial charge in [-0.25, -0.2) is 4.79 Å². The first kappa shape index (κ1) is 14.1. The summed E-state index contributed by atoms with van der Waals surface area (Å²) in [7, 11) is 0. The van der Waals surface area contributed by atoms with Gasteiger partial charge in [0.1, 0.15) is 5.69 Å². The van der Waals surface area contributed by atoms with Gasteiger partial charge in [-0.15, -0.1) is 0 Å². The van der Waals surface area contributed by atoms with Gasteiger partial charge in [0.15, 0.2) is 0 Å². The second-order valence-electron chi connectivity index (χ2n) is 5.06. The van der Waals surface area contributed by atoms with E-state index < -0.39 is 5.97 Å². The first-order chi connectivity index (χ1) is 10.6. The number of anilines is 1. The highest BCUT2D eigenvalue weighted by atomic mass is 16.5. The third-order valence-electron chi connectivity index (χ3n) is 3.55. The average molecular weight is 296 g/mol. The molecule has 2 aromatic rings. The van der Waals surface area contributed by atoms with E-state index in [0.29, 0.717) is 17.9 Å². The molecule has 3 rings (SSSR count). The summed E-state index contributed by atoms with van der Waals surface area (Å²) in [6.07, 6.45) is 1.76. The number of nitrogens with one attached hydrogen (secondary N) is 2. The number of carbonyl (C=O) groups is 2. The third kappa shape index (κ3) is 2.41. The van der Waals surface area contributed by atoms with Crippen molar-refractivity contribution in [2.45, 2.75) is 13.8 Å². The molecule has 1 aliphatic heterocycles. The van der Waals surface area contributed by atoms with Crippen LogP contribution in [0.2, 0.25) is 0 Å². The summed E-state index contributed by atoms with van der Waals surface area (Å²) >= 11 is 0. The Hall–Kier alpha value is -2.82. The molecule has 2 heterocycles. The lowest BCUT2D eigenvalue weighted by Gasteiger charge is -1.99. The summed E-state index contributed by atoms with van der Waals surface area (Å²) in [4.78, 5) is 26.9. The number of carbonyl (C=O) groups excluding carboxylic acids is 2. The highest BCUT2D eigenvalue weighted by Crippen LogP contribution is 2.33. The van der Waals surface area contributed by atoms with Gasteiger partial charge in [-0.05, 0) is 37.6 Å². The molecule has 0 atom stereocenters. The lowest BCUT2D eigenvalue weighted by atomic mass is 10.1. The lowest BCUT2D eigenvalue weighted by Crippen LogP contribution is -2.05. The molecule has 2 N–H and O–H groups in total. The Balaban J connectivity index is 1.99. The predicted octanol–water partition coefficient (Wildman–Crippen LogP) is 2.99. The number of para-hydroxylation sites is 1. The smallest absolute Gasteiger partial charge is 0.354 e. The summed E-state index contributed by atoms with van der Waals surface area (Å²) in [6, 6.07) is 9.24. The third-order valence-corrected chi connectivity index (χ3v) is 3.55. The topological polar surface area (TPSA) is 71.2 Å². The SMILES string of the molecule is CCOC(=O)c1cc(C)c(/C=C2/C(=O)Nc3ccccc32)[nH]1. The van der Waals surface area contributed by atoms with E-state index in [1.807, 2.05) is 31.2 Å². The fraction of sp³-hybridized carbons (Fsp3) is 0.176. The number of rotatable bonds is 3. The van der Waals surface area contributed by atoms with Crippen LogP contribution in [0.5, 0.6) is 0 Å². The summed E-state index contributed by atoms with van der Waals surface area (Å²) in [5.74, 6) is -0.542. The molecule has 0 saturated carbocycles. The van der Waals surface area contributed by atoms with E-state index in [1.165, 1.54) is 0 Å². The number of H-pyrrole nitrogens is 1. The predicted molar refractivity (Wildman–Crippen MR) is 84.4 cm³/mol. The number of hydrogen-bond donors (Lipinski definition) is 2. The fourth-order valence-corrected chi connectivity index (χ4v) is 2.47. The molecule has 0 aliphatic carbocycles. The van der Waals surface area contributed by atoms with Gasteiger partial charge in [-0.3, -0.25) is 4.79 Å². The first-order valence-electron chi connectivity index (χ1n) is 7.09. The van der Waals surface area contributed by atoms with E-state index in [9.17, 15) is 9.59 Å². The summed E-state index contributed by atoms with van der Waals surface area (Å²) in [5, 5.41) is 2.82. The maximum atomic E-state index is 12.1. The van der Waals surface area contributed by atoms with E-state index >= 15 is 0 Å². The molecule has 112 valence electrons. The Morgan fingerprint density at radius 1 is 1.32 bits per heavy atom. The van der Waals surface area contributed by atoms with Crippen LogP contribution in [0.15, 0.2) is 30.3 Å². The Kier molecular flexibility index (Phi) is 3.55. The van der Waals surface area contributed by atoms with Gasteiger partial charge >= 0.3 is 5.97 Å². The number of aromatic amines is 1. The molecular weight excluding hydrogens is 280 g/mol. The van der Waals surface area contributed by atoms with E-state index in [0.717, 1.165) is 22.5 Å². The highest BCUT2D eigenvalue weighted by Gasteiger charge is 2.24. The second kappa shape index (κ2) is 5.52. The molecule has 1 aromatic heterocycles. The Morgan fingerprint density at radius 2 is 2.09 bits per heavy atom. The van der Waals surface area contributed by atoms with Crippen LogP contribution in [0.3, 0.4) is 0 Å². The maximum Gasteiger partial charge on any atom is 0.354 e. The van der Waals surface area contributed by atoms with Crippen LogP contribution >= 0.6 is 0 Å². The van der Waals surface area contributed by atoms with Crippen molar-refractivity contribution in [3.8, 4) is 0 Å². The van der Waals surface area contributed by atoms with Crippen molar-refractivity contribution in [2.75, 3.05) is 11.9 Å². The first-order valence-corrected chi connectivity index (χ1v) is 7.09. The van der Waals surface area contributed by atoms with Crippen LogP contribution in [0.4, 0.5) is 5.69 Å². The van der Waals surface area contributed by atoms with Crippen molar-refractivity contribution in [1.29, 1.82) is 0 Å². The number of ether oxygens (including phenoxy) is 1. The minimum Gasteiger partial charge on any atom is -0.461 e. The van der Waals surface area contributed by atoms with Crippen molar-refractivity contribution in [1.82, 2.24) is 4.98 Å². The van der Waals surface area contributed by atoms with Crippen molar-refractivity contribution in [2.24, 2.45) is 0 Å². The van der Waals surface area contributed by atoms with Crippen molar-refractivity contribution >= 4 is 29.2 Å². The van der Waals surface area contributed by atoms with Gasteiger partial charge in [-0.1, -0.05) is 18.2 Å². The van der Waals surface area contributed by atoms with Crippen molar-refractivity contribution in [3.05, 3.63) is 52.8 Å². The van der Waals surface area contributed by atoms with Gasteiger partial charge in [0.2, 0.25) is 0 Å². The van der Waals surface area contributed by atoms with Gasteiger partial charge < -0.3 is 15.0 Å². The molecule has 5 heteroatoms. The minimum atomic E-state index is -0.397. The molecule has 1 amide bonds. The van der Waals surface area contributed by atoms with Gasteiger partial charge in [0, 0.05) is 16.9 Å². The number of fused-ring (bicyclic) bond motifs is 1. The number of esters is 1. The van der Waals surface area contributed by atoms with E-state index in [2.05, 4.69) is 10.3 Å². The molecule has 1 aromatic carbocycles. The number of aromatic nitrogens is 1. The van der Waals surface area contributed by atoms with Crippen LogP contribution in [0.1, 0.15) is 34.2 Å². The largest absolute Gasteiger partial charge is 0.461 e. The number of hydrogen-bond acceptors (Lipinski definition) is 3. The molecule has 22 heavy (non-hydrogen) atoms. The number of amides is 1. The Labute approximate surface area is 128 Å². The van der Waals surface area contributed by atoms with Crippen LogP contribution < -0.4 is 5.32 Å². The number of benzene rings is 1. The van der Waals surface area contributed by atoms with Crippen LogP contribution in [0.25, 0.3) is 11.6 Å². The highest BCUT2D eigenvalue weighted by molar-refractivity contribution is 6.34. The monoisotopic (exact) mass is 296 g/mol. The molecule has 5 nitrogen and oxygen atoms in total. The molecule has 0 fully saturated rings. The summed E-state index contributed by atoms with van der Waals surface area (Å²) < 4.78 is 4.97. The Morgan fingerprint density at radius 3 is 2.86 bits per heavy atom. The Bertz CT molecular complexity index is 787. The standard InChI is InChI=1S/C17H16N2O3/c1-3-22-17(21)15-8-10(2)14(18-15)9-12-11-6-4-5-7-13(11)19-16(12)20/h4-9,18H,3H2,1-2H3,(H,19,20)/b12-9+. The number of aryl methyl sites for hydroxylation is 1. The summed E-state index contributed by atoms with van der Waals surface area (Å²) in [6.45, 7) is 3.96. The minimum absolute atomic E-state index is 0.145. The van der Waals surface area contributed by atoms with E-state index in [1.54, 1.807) is 19.1 Å². The zero-order valence-corrected chi connectivity index (χ0v) is 12.4. The maximum absolute atomic E-state index is 12.1. The van der Waals surface area contributed by atoms with Crippen molar-refractivity contribution in [3.63, 3.8) is 0 Å². The zero-order chi connectivity index (χ0) is 15.7. The lowest BCUT2D eigenvalue weighted by molar-refractivity contribution is -0.110. The van der Waals surface area contributed by atoms with E-state index in [4.69, 9.17) is 4.74 Å². The van der Waals surface area contributed by atoms with Crippen molar-refractivity contribution < 1.29 is 14.3 Å². The quantitative estimate of drug-likeness (QED) is 0.675. The molecule has 0 unspecified atom stereocenters. The molecule has 1 aliphatic rings. The van der Waals surface area contributed by atoms with Gasteiger partial charge in [0.05, 0.1) is 12.2 Å². The van der Waals surface area contributed by atoms with Gasteiger partial charge in [0.25, 0.3) is 5.91 Å². The fourth-order valence-electron chi connectivity index (χ4n) is 2.47. The van der Waals surface area contributed by atoms with Gasteiger partial charge in [-0.2, -0.15) is 0 Å². The molecule has 0 saturated heterocycles. The molecule has 0 radical (unpaired) electrons. The molecule has 0 bridgehead atoms.